The molecule has 2 aromatic carbocycles. The molecule has 0 fully saturated rings. The molecule has 2 aromatic rings. The van der Waals surface area contributed by atoms with Gasteiger partial charge in [-0.1, -0.05) is 32.0 Å². The predicted molar refractivity (Wildman–Crippen MR) is 117 cm³/mol. The van der Waals surface area contributed by atoms with Crippen LogP contribution in [-0.2, 0) is 9.84 Å². The summed E-state index contributed by atoms with van der Waals surface area (Å²) in [6, 6.07) is 13.2. The van der Waals surface area contributed by atoms with Gasteiger partial charge in [0.2, 0.25) is 0 Å². The Morgan fingerprint density at radius 2 is 1.70 bits per heavy atom. The molecule has 0 aliphatic carbocycles. The van der Waals surface area contributed by atoms with Crippen LogP contribution >= 0.6 is 0 Å². The van der Waals surface area contributed by atoms with Crippen LogP contribution in [0, 0.1) is 31.1 Å². The molecule has 6 nitrogen and oxygen atoms in total. The highest BCUT2D eigenvalue weighted by molar-refractivity contribution is 7.91. The van der Waals surface area contributed by atoms with Crippen molar-refractivity contribution < 1.29 is 17.9 Å². The zero-order chi connectivity index (χ0) is 22.5. The lowest BCUT2D eigenvalue weighted by Gasteiger charge is -2.24. The van der Waals surface area contributed by atoms with Gasteiger partial charge in [0, 0.05) is 6.04 Å². The first kappa shape index (κ1) is 23.4. The van der Waals surface area contributed by atoms with Crippen LogP contribution in [0.4, 0.5) is 4.79 Å². The number of benzene rings is 2. The molecular weight excluding hydrogens is 400 g/mol. The first-order chi connectivity index (χ1) is 14.0. The van der Waals surface area contributed by atoms with Crippen molar-refractivity contribution in [3.63, 3.8) is 0 Å². The number of carbonyl (C=O) groups excluding carboxylic acids is 1. The minimum Gasteiger partial charge on any atom is -0.410 e. The number of ether oxygens (including phenoxy) is 1. The number of nitriles is 1. The Bertz CT molecular complexity index is 1040. The van der Waals surface area contributed by atoms with Crippen LogP contribution in [0.1, 0.15) is 48.3 Å². The van der Waals surface area contributed by atoms with Crippen LogP contribution in [-0.4, -0.2) is 26.3 Å². The molecule has 0 aliphatic heterocycles. The maximum atomic E-state index is 13.0. The maximum Gasteiger partial charge on any atom is 0.412 e. The molecule has 0 bridgehead atoms. The van der Waals surface area contributed by atoms with E-state index in [0.29, 0.717) is 16.9 Å². The van der Waals surface area contributed by atoms with Gasteiger partial charge in [-0.25, -0.2) is 13.2 Å². The molecule has 0 spiro atoms. The average molecular weight is 429 g/mol. The van der Waals surface area contributed by atoms with Gasteiger partial charge in [0.1, 0.15) is 5.75 Å². The third kappa shape index (κ3) is 6.07. The summed E-state index contributed by atoms with van der Waals surface area (Å²) in [5, 5.41) is 10.8. The van der Waals surface area contributed by atoms with E-state index in [1.165, 1.54) is 0 Å². The van der Waals surface area contributed by atoms with E-state index in [2.05, 4.69) is 5.32 Å². The van der Waals surface area contributed by atoms with Crippen LogP contribution < -0.4 is 10.1 Å². The molecule has 0 saturated heterocycles. The van der Waals surface area contributed by atoms with E-state index in [-0.39, 0.29) is 11.7 Å². The molecule has 160 valence electrons. The Hall–Kier alpha value is -2.85. The minimum absolute atomic E-state index is 0.111. The normalized spacial score (nSPS) is 13.4. The van der Waals surface area contributed by atoms with Crippen molar-refractivity contribution in [3.8, 4) is 11.8 Å². The first-order valence-corrected chi connectivity index (χ1v) is 11.5. The van der Waals surface area contributed by atoms with Crippen molar-refractivity contribution >= 4 is 15.9 Å². The lowest BCUT2D eigenvalue weighted by atomic mass is 10.1. The number of nitrogens with one attached hydrogen (secondary N) is 1. The SMILES string of the molecule is Cc1ccc(OC(=O)NC(CS(=O)(=O)C(C)c2ccc(C#N)cc2)C(C)C)cc1C. The zero-order valence-corrected chi connectivity index (χ0v) is 18.8. The number of sulfone groups is 1. The van der Waals surface area contributed by atoms with Gasteiger partial charge < -0.3 is 10.1 Å². The molecule has 1 N–H and O–H groups in total. The van der Waals surface area contributed by atoms with Crippen LogP contribution in [0.5, 0.6) is 5.75 Å². The van der Waals surface area contributed by atoms with Gasteiger partial charge in [0.25, 0.3) is 0 Å². The summed E-state index contributed by atoms with van der Waals surface area (Å²) >= 11 is 0. The van der Waals surface area contributed by atoms with E-state index in [4.69, 9.17) is 10.00 Å². The summed E-state index contributed by atoms with van der Waals surface area (Å²) in [6.07, 6.45) is -0.682. The topological polar surface area (TPSA) is 96.3 Å². The van der Waals surface area contributed by atoms with Crippen LogP contribution in [0.3, 0.4) is 0 Å². The summed E-state index contributed by atoms with van der Waals surface area (Å²) in [4.78, 5) is 12.4. The third-order valence-electron chi connectivity index (χ3n) is 5.26. The number of hydrogen-bond acceptors (Lipinski definition) is 5. The third-order valence-corrected chi connectivity index (χ3v) is 7.43. The van der Waals surface area contributed by atoms with Crippen LogP contribution in [0.25, 0.3) is 0 Å². The fourth-order valence-corrected chi connectivity index (χ4v) is 4.73. The molecule has 0 heterocycles. The smallest absolute Gasteiger partial charge is 0.410 e. The number of aryl methyl sites for hydroxylation is 2. The van der Waals surface area contributed by atoms with Gasteiger partial charge >= 0.3 is 6.09 Å². The van der Waals surface area contributed by atoms with Gasteiger partial charge in [0.05, 0.1) is 22.6 Å². The Morgan fingerprint density at radius 3 is 2.23 bits per heavy atom. The summed E-state index contributed by atoms with van der Waals surface area (Å²) in [5.74, 6) is 0.0839. The van der Waals surface area contributed by atoms with Gasteiger partial charge in [-0.15, -0.1) is 0 Å². The summed E-state index contributed by atoms with van der Waals surface area (Å²) in [6.45, 7) is 9.20. The van der Waals surface area contributed by atoms with E-state index in [1.54, 1.807) is 43.3 Å². The highest BCUT2D eigenvalue weighted by atomic mass is 32.2. The molecule has 0 saturated carbocycles. The summed E-state index contributed by atoms with van der Waals surface area (Å²) in [5.41, 5.74) is 3.17. The second-order valence-electron chi connectivity index (χ2n) is 7.84. The molecule has 2 unspecified atom stereocenters. The highest BCUT2D eigenvalue weighted by Crippen LogP contribution is 2.25. The van der Waals surface area contributed by atoms with Crippen molar-refractivity contribution in [2.24, 2.45) is 5.92 Å². The average Bonchev–Trinajstić information content (AvgIpc) is 2.69. The molecule has 0 aliphatic rings. The van der Waals surface area contributed by atoms with Crippen molar-refractivity contribution in [1.82, 2.24) is 5.32 Å². The van der Waals surface area contributed by atoms with Gasteiger partial charge in [-0.2, -0.15) is 5.26 Å². The second kappa shape index (κ2) is 9.77. The summed E-state index contributed by atoms with van der Waals surface area (Å²) in [7, 11) is -3.56. The number of carbonyl (C=O) groups is 1. The lowest BCUT2D eigenvalue weighted by Crippen LogP contribution is -2.45. The number of rotatable bonds is 7. The Labute approximate surface area is 178 Å². The predicted octanol–water partition coefficient (Wildman–Crippen LogP) is 4.46. The Balaban J connectivity index is 2.09. The van der Waals surface area contributed by atoms with Crippen molar-refractivity contribution in [2.75, 3.05) is 5.75 Å². The lowest BCUT2D eigenvalue weighted by molar-refractivity contribution is 0.193. The maximum absolute atomic E-state index is 13.0. The van der Waals surface area contributed by atoms with E-state index in [1.807, 2.05) is 39.8 Å². The van der Waals surface area contributed by atoms with Crippen molar-refractivity contribution in [1.29, 1.82) is 5.26 Å². The number of nitrogens with zero attached hydrogens (tertiary/aromatic N) is 1. The van der Waals surface area contributed by atoms with E-state index >= 15 is 0 Å². The molecule has 2 rings (SSSR count). The fraction of sp³-hybridized carbons (Fsp3) is 0.391. The standard InChI is InChI=1S/C23H28N2O4S/c1-15(2)22(25-23(26)29-21-11-6-16(3)17(4)12-21)14-30(27,28)18(5)20-9-7-19(13-24)8-10-20/h6-12,15,18,22H,14H2,1-5H3,(H,25,26). The highest BCUT2D eigenvalue weighted by Gasteiger charge is 2.29. The Kier molecular flexibility index (Phi) is 7.63. The van der Waals surface area contributed by atoms with Crippen LogP contribution in [0.2, 0.25) is 0 Å². The molecule has 30 heavy (non-hydrogen) atoms. The number of amides is 1. The van der Waals surface area contributed by atoms with E-state index < -0.39 is 27.2 Å². The van der Waals surface area contributed by atoms with E-state index in [0.717, 1.165) is 11.1 Å². The van der Waals surface area contributed by atoms with Gasteiger partial charge in [0.15, 0.2) is 9.84 Å². The van der Waals surface area contributed by atoms with Crippen molar-refractivity contribution in [2.45, 2.75) is 45.9 Å². The Morgan fingerprint density at radius 1 is 1.07 bits per heavy atom. The molecule has 1 amide bonds. The summed E-state index contributed by atoms with van der Waals surface area (Å²) < 4.78 is 31.3. The van der Waals surface area contributed by atoms with Gasteiger partial charge in [-0.05, 0) is 67.6 Å². The zero-order valence-electron chi connectivity index (χ0n) is 18.0. The molecule has 2 atom stereocenters. The van der Waals surface area contributed by atoms with Gasteiger partial charge in [-0.3, -0.25) is 0 Å². The largest absolute Gasteiger partial charge is 0.412 e. The van der Waals surface area contributed by atoms with Crippen molar-refractivity contribution in [3.05, 3.63) is 64.7 Å². The molecule has 0 radical (unpaired) electrons. The molecular formula is C23H28N2O4S. The van der Waals surface area contributed by atoms with Crippen LogP contribution in [0.15, 0.2) is 42.5 Å². The monoisotopic (exact) mass is 428 g/mol. The first-order valence-electron chi connectivity index (χ1n) is 9.80. The molecule has 7 heteroatoms. The quantitative estimate of drug-likeness (QED) is 0.702. The fourth-order valence-electron chi connectivity index (χ4n) is 2.90. The second-order valence-corrected chi connectivity index (χ2v) is 10.2. The van der Waals surface area contributed by atoms with E-state index in [9.17, 15) is 13.2 Å². The minimum atomic E-state index is -3.56. The number of hydrogen-bond donors (Lipinski definition) is 1. The molecule has 0 aromatic heterocycles.